The predicted octanol–water partition coefficient (Wildman–Crippen LogP) is 1.43. The maximum absolute atomic E-state index is 5.87. The van der Waals surface area contributed by atoms with Crippen LogP contribution in [0.25, 0.3) is 0 Å². The molecule has 1 saturated heterocycles. The first-order chi connectivity index (χ1) is 7.84. The number of benzene rings is 1. The first-order valence-electron chi connectivity index (χ1n) is 5.63. The molecule has 1 aromatic rings. The molecule has 0 amide bonds. The molecule has 0 unspecified atom stereocenters. The minimum absolute atomic E-state index is 0.0764. The van der Waals surface area contributed by atoms with Gasteiger partial charge in [0.1, 0.15) is 0 Å². The highest BCUT2D eigenvalue weighted by Crippen LogP contribution is 2.37. The maximum atomic E-state index is 5.87. The number of ether oxygens (including phenoxy) is 1. The summed E-state index contributed by atoms with van der Waals surface area (Å²) in [6, 6.07) is 6.64. The molecule has 1 fully saturated rings. The largest absolute Gasteiger partial charge is 0.383 e. The lowest BCUT2D eigenvalue weighted by Crippen LogP contribution is -2.52. The SMILES string of the molecule is NCC1(c2ccc3c(c2)SCCN3)COC1. The number of hydrogen-bond donors (Lipinski definition) is 2. The van der Waals surface area contributed by atoms with Gasteiger partial charge in [0, 0.05) is 29.4 Å². The monoisotopic (exact) mass is 236 g/mol. The fourth-order valence-corrected chi connectivity index (χ4v) is 3.15. The normalized spacial score (nSPS) is 21.8. The Morgan fingerprint density at radius 1 is 1.44 bits per heavy atom. The molecule has 1 aromatic carbocycles. The van der Waals surface area contributed by atoms with Gasteiger partial charge in [0.15, 0.2) is 0 Å². The van der Waals surface area contributed by atoms with Crippen LogP contribution in [0.2, 0.25) is 0 Å². The first kappa shape index (κ1) is 10.4. The number of rotatable bonds is 2. The average Bonchev–Trinajstić information content (AvgIpc) is 2.28. The van der Waals surface area contributed by atoms with E-state index < -0.39 is 0 Å². The Balaban J connectivity index is 1.96. The van der Waals surface area contributed by atoms with E-state index in [0.717, 1.165) is 25.5 Å². The fraction of sp³-hybridized carbons (Fsp3) is 0.500. The standard InChI is InChI=1S/C12H16N2OS/c13-6-12(7-15-8-12)9-1-2-10-11(5-9)16-4-3-14-10/h1-2,5,14H,3-4,6-8,13H2. The Kier molecular flexibility index (Phi) is 2.58. The van der Waals surface area contributed by atoms with Crippen LogP contribution in [0.1, 0.15) is 5.56 Å². The zero-order valence-corrected chi connectivity index (χ0v) is 9.98. The number of nitrogens with two attached hydrogens (primary N) is 1. The smallest absolute Gasteiger partial charge is 0.0597 e. The van der Waals surface area contributed by atoms with Gasteiger partial charge >= 0.3 is 0 Å². The van der Waals surface area contributed by atoms with Crippen molar-refractivity contribution >= 4 is 17.4 Å². The summed E-state index contributed by atoms with van der Waals surface area (Å²) in [5, 5.41) is 3.41. The van der Waals surface area contributed by atoms with Gasteiger partial charge in [0.25, 0.3) is 0 Å². The summed E-state index contributed by atoms with van der Waals surface area (Å²) in [5.41, 5.74) is 8.54. The molecule has 86 valence electrons. The van der Waals surface area contributed by atoms with E-state index in [1.54, 1.807) is 0 Å². The molecule has 0 aliphatic carbocycles. The molecule has 2 heterocycles. The Morgan fingerprint density at radius 2 is 2.31 bits per heavy atom. The van der Waals surface area contributed by atoms with E-state index in [4.69, 9.17) is 10.5 Å². The van der Waals surface area contributed by atoms with Gasteiger partial charge in [-0.2, -0.15) is 0 Å². The van der Waals surface area contributed by atoms with E-state index >= 15 is 0 Å². The van der Waals surface area contributed by atoms with E-state index in [2.05, 4.69) is 23.5 Å². The molecule has 0 bridgehead atoms. The van der Waals surface area contributed by atoms with E-state index in [1.807, 2.05) is 11.8 Å². The van der Waals surface area contributed by atoms with E-state index in [0.29, 0.717) is 6.54 Å². The second kappa shape index (κ2) is 3.95. The van der Waals surface area contributed by atoms with Crippen LogP contribution in [0, 0.1) is 0 Å². The Labute approximate surface area is 99.7 Å². The molecule has 3 rings (SSSR count). The van der Waals surface area contributed by atoms with Crippen molar-refractivity contribution in [2.45, 2.75) is 10.3 Å². The van der Waals surface area contributed by atoms with Crippen molar-refractivity contribution in [3.8, 4) is 0 Å². The summed E-state index contributed by atoms with van der Waals surface area (Å²) in [6.07, 6.45) is 0. The van der Waals surface area contributed by atoms with Gasteiger partial charge in [-0.1, -0.05) is 6.07 Å². The third kappa shape index (κ3) is 1.52. The van der Waals surface area contributed by atoms with Gasteiger partial charge < -0.3 is 15.8 Å². The van der Waals surface area contributed by atoms with E-state index in [-0.39, 0.29) is 5.41 Å². The number of thioether (sulfide) groups is 1. The van der Waals surface area contributed by atoms with Crippen LogP contribution in [-0.2, 0) is 10.2 Å². The summed E-state index contributed by atoms with van der Waals surface area (Å²) in [7, 11) is 0. The molecule has 2 aliphatic heterocycles. The molecule has 16 heavy (non-hydrogen) atoms. The predicted molar refractivity (Wildman–Crippen MR) is 67.2 cm³/mol. The van der Waals surface area contributed by atoms with E-state index in [9.17, 15) is 0 Å². The van der Waals surface area contributed by atoms with Crippen LogP contribution in [-0.4, -0.2) is 32.1 Å². The lowest BCUT2D eigenvalue weighted by Gasteiger charge is -2.41. The van der Waals surface area contributed by atoms with Crippen molar-refractivity contribution < 1.29 is 4.74 Å². The molecule has 3 nitrogen and oxygen atoms in total. The lowest BCUT2D eigenvalue weighted by molar-refractivity contribution is -0.0551. The van der Waals surface area contributed by atoms with Crippen molar-refractivity contribution in [3.05, 3.63) is 23.8 Å². The van der Waals surface area contributed by atoms with Crippen molar-refractivity contribution in [2.24, 2.45) is 5.73 Å². The number of anilines is 1. The van der Waals surface area contributed by atoms with Crippen molar-refractivity contribution in [1.82, 2.24) is 0 Å². The van der Waals surface area contributed by atoms with Crippen LogP contribution in [0.15, 0.2) is 23.1 Å². The highest BCUT2D eigenvalue weighted by molar-refractivity contribution is 7.99. The van der Waals surface area contributed by atoms with Gasteiger partial charge in [-0.05, 0) is 17.7 Å². The maximum Gasteiger partial charge on any atom is 0.0597 e. The molecule has 0 saturated carbocycles. The molecular weight excluding hydrogens is 220 g/mol. The molecule has 0 aromatic heterocycles. The first-order valence-corrected chi connectivity index (χ1v) is 6.62. The Morgan fingerprint density at radius 3 is 3.00 bits per heavy atom. The third-order valence-corrected chi connectivity index (χ3v) is 4.47. The highest BCUT2D eigenvalue weighted by atomic mass is 32.2. The molecule has 2 aliphatic rings. The zero-order valence-electron chi connectivity index (χ0n) is 9.16. The van der Waals surface area contributed by atoms with Gasteiger partial charge in [-0.3, -0.25) is 0 Å². The lowest BCUT2D eigenvalue weighted by atomic mass is 9.79. The van der Waals surface area contributed by atoms with Crippen LogP contribution < -0.4 is 11.1 Å². The van der Waals surface area contributed by atoms with Gasteiger partial charge in [0.05, 0.1) is 18.6 Å². The number of fused-ring (bicyclic) bond motifs is 1. The second-order valence-electron chi connectivity index (χ2n) is 4.46. The van der Waals surface area contributed by atoms with Crippen molar-refractivity contribution in [1.29, 1.82) is 0 Å². The van der Waals surface area contributed by atoms with Gasteiger partial charge in [-0.15, -0.1) is 11.8 Å². The van der Waals surface area contributed by atoms with Crippen LogP contribution in [0.5, 0.6) is 0 Å². The Hall–Kier alpha value is -0.710. The molecule has 0 atom stereocenters. The summed E-state index contributed by atoms with van der Waals surface area (Å²) in [6.45, 7) is 3.26. The van der Waals surface area contributed by atoms with Gasteiger partial charge in [-0.25, -0.2) is 0 Å². The summed E-state index contributed by atoms with van der Waals surface area (Å²) in [5.74, 6) is 1.14. The summed E-state index contributed by atoms with van der Waals surface area (Å²) >= 11 is 1.92. The molecule has 0 spiro atoms. The summed E-state index contributed by atoms with van der Waals surface area (Å²) in [4.78, 5) is 1.35. The van der Waals surface area contributed by atoms with Crippen molar-refractivity contribution in [2.75, 3.05) is 37.4 Å². The second-order valence-corrected chi connectivity index (χ2v) is 5.60. The summed E-state index contributed by atoms with van der Waals surface area (Å²) < 4.78 is 5.33. The minimum atomic E-state index is 0.0764. The number of hydrogen-bond acceptors (Lipinski definition) is 4. The molecule has 4 heteroatoms. The topological polar surface area (TPSA) is 47.3 Å². The zero-order chi connectivity index (χ0) is 11.0. The average molecular weight is 236 g/mol. The molecular formula is C12H16N2OS. The highest BCUT2D eigenvalue weighted by Gasteiger charge is 2.39. The quantitative estimate of drug-likeness (QED) is 0.815. The van der Waals surface area contributed by atoms with Gasteiger partial charge in [0.2, 0.25) is 0 Å². The van der Waals surface area contributed by atoms with Crippen molar-refractivity contribution in [3.63, 3.8) is 0 Å². The minimum Gasteiger partial charge on any atom is -0.383 e. The van der Waals surface area contributed by atoms with Crippen LogP contribution in [0.4, 0.5) is 5.69 Å². The molecule has 3 N–H and O–H groups in total. The molecule has 0 radical (unpaired) electrons. The Bertz CT molecular complexity index is 398. The van der Waals surface area contributed by atoms with E-state index in [1.165, 1.54) is 16.1 Å². The fourth-order valence-electron chi connectivity index (χ4n) is 2.22. The number of nitrogens with one attached hydrogen (secondary N) is 1. The van der Waals surface area contributed by atoms with Crippen LogP contribution >= 0.6 is 11.8 Å². The van der Waals surface area contributed by atoms with Crippen LogP contribution in [0.3, 0.4) is 0 Å². The third-order valence-electron chi connectivity index (χ3n) is 3.42.